The molecule has 0 fully saturated rings. The van der Waals surface area contributed by atoms with E-state index in [1.54, 1.807) is 7.05 Å². The van der Waals surface area contributed by atoms with Gasteiger partial charge >= 0.3 is 0 Å². The predicted octanol–water partition coefficient (Wildman–Crippen LogP) is 3.72. The third-order valence-electron chi connectivity index (χ3n) is 3.60. The summed E-state index contributed by atoms with van der Waals surface area (Å²) in [6.07, 6.45) is 1.85. The number of benzene rings is 2. The Balaban J connectivity index is 1.83. The summed E-state index contributed by atoms with van der Waals surface area (Å²) >= 11 is 0. The van der Waals surface area contributed by atoms with E-state index in [1.165, 1.54) is 11.0 Å². The number of hydrogen-bond acceptors (Lipinski definition) is 1. The summed E-state index contributed by atoms with van der Waals surface area (Å²) in [4.78, 5) is 16.9. The minimum Gasteiger partial charge on any atom is -0.361 e. The van der Waals surface area contributed by atoms with Crippen LogP contribution in [-0.2, 0) is 6.54 Å². The van der Waals surface area contributed by atoms with Gasteiger partial charge in [-0.2, -0.15) is 0 Å². The maximum absolute atomic E-state index is 13.2. The molecule has 0 saturated heterocycles. The lowest BCUT2D eigenvalue weighted by Crippen LogP contribution is -2.26. The van der Waals surface area contributed by atoms with Crippen molar-refractivity contribution in [3.8, 4) is 0 Å². The number of aromatic amines is 1. The van der Waals surface area contributed by atoms with Crippen molar-refractivity contribution >= 4 is 16.8 Å². The highest BCUT2D eigenvalue weighted by atomic mass is 19.2. The van der Waals surface area contributed by atoms with Crippen LogP contribution in [0.15, 0.2) is 48.7 Å². The summed E-state index contributed by atoms with van der Waals surface area (Å²) in [6, 6.07) is 10.9. The Morgan fingerprint density at radius 2 is 1.91 bits per heavy atom. The molecule has 0 aliphatic heterocycles. The molecule has 0 aliphatic carbocycles. The lowest BCUT2D eigenvalue weighted by Gasteiger charge is -2.17. The molecular formula is C17H14F2N2O. The monoisotopic (exact) mass is 300 g/mol. The Kier molecular flexibility index (Phi) is 3.63. The van der Waals surface area contributed by atoms with E-state index >= 15 is 0 Å². The Bertz CT molecular complexity index is 842. The largest absolute Gasteiger partial charge is 0.361 e. The fourth-order valence-corrected chi connectivity index (χ4v) is 2.44. The van der Waals surface area contributed by atoms with Gasteiger partial charge in [0.05, 0.1) is 0 Å². The van der Waals surface area contributed by atoms with Crippen LogP contribution in [0, 0.1) is 11.6 Å². The number of carbonyl (C=O) groups is 1. The predicted molar refractivity (Wildman–Crippen MR) is 80.5 cm³/mol. The number of hydrogen-bond donors (Lipinski definition) is 1. The van der Waals surface area contributed by atoms with Gasteiger partial charge in [-0.1, -0.05) is 18.2 Å². The SMILES string of the molecule is CN(Cc1c[nH]c2ccccc12)C(=O)c1ccc(F)c(F)c1. The van der Waals surface area contributed by atoms with Crippen molar-refractivity contribution in [1.29, 1.82) is 0 Å². The molecule has 1 N–H and O–H groups in total. The topological polar surface area (TPSA) is 36.1 Å². The van der Waals surface area contributed by atoms with Gasteiger partial charge in [0.1, 0.15) is 0 Å². The number of halogens is 2. The minimum absolute atomic E-state index is 0.126. The van der Waals surface area contributed by atoms with Crippen LogP contribution >= 0.6 is 0 Å². The summed E-state index contributed by atoms with van der Waals surface area (Å²) in [5.41, 5.74) is 2.08. The molecule has 0 saturated carbocycles. The third-order valence-corrected chi connectivity index (χ3v) is 3.60. The minimum atomic E-state index is -1.02. The van der Waals surface area contributed by atoms with Crippen molar-refractivity contribution < 1.29 is 13.6 Å². The molecule has 0 atom stereocenters. The number of rotatable bonds is 3. The lowest BCUT2D eigenvalue weighted by molar-refractivity contribution is 0.0785. The first-order valence-corrected chi connectivity index (χ1v) is 6.82. The number of para-hydroxylation sites is 1. The van der Waals surface area contributed by atoms with E-state index in [9.17, 15) is 13.6 Å². The van der Waals surface area contributed by atoms with E-state index in [1.807, 2.05) is 30.5 Å². The highest BCUT2D eigenvalue weighted by Gasteiger charge is 2.15. The fourth-order valence-electron chi connectivity index (χ4n) is 2.44. The number of carbonyl (C=O) groups excluding carboxylic acids is 1. The molecule has 0 bridgehead atoms. The van der Waals surface area contributed by atoms with Gasteiger partial charge in [-0.15, -0.1) is 0 Å². The molecule has 0 spiro atoms. The highest BCUT2D eigenvalue weighted by Crippen LogP contribution is 2.20. The molecule has 3 nitrogen and oxygen atoms in total. The van der Waals surface area contributed by atoms with Crippen LogP contribution in [-0.4, -0.2) is 22.8 Å². The standard InChI is InChI=1S/C17H14F2N2O/c1-21(17(22)11-6-7-14(18)15(19)8-11)10-12-9-20-16-5-3-2-4-13(12)16/h2-9,20H,10H2,1H3. The quantitative estimate of drug-likeness (QED) is 0.786. The number of nitrogens with zero attached hydrogens (tertiary/aromatic N) is 1. The van der Waals surface area contributed by atoms with Gasteiger partial charge in [0.25, 0.3) is 5.91 Å². The van der Waals surface area contributed by atoms with Crippen molar-refractivity contribution in [2.24, 2.45) is 0 Å². The van der Waals surface area contributed by atoms with Gasteiger partial charge in [0.2, 0.25) is 0 Å². The van der Waals surface area contributed by atoms with Gasteiger partial charge in [-0.05, 0) is 29.8 Å². The van der Waals surface area contributed by atoms with E-state index < -0.39 is 11.6 Å². The molecule has 0 radical (unpaired) electrons. The lowest BCUT2D eigenvalue weighted by atomic mass is 10.1. The molecule has 22 heavy (non-hydrogen) atoms. The van der Waals surface area contributed by atoms with Gasteiger partial charge in [0, 0.05) is 36.3 Å². The molecule has 3 rings (SSSR count). The third kappa shape index (κ3) is 2.57. The first-order valence-electron chi connectivity index (χ1n) is 6.82. The van der Waals surface area contributed by atoms with Gasteiger partial charge in [-0.25, -0.2) is 8.78 Å². The zero-order chi connectivity index (χ0) is 15.7. The fraction of sp³-hybridized carbons (Fsp3) is 0.118. The Labute approximate surface area is 126 Å². The van der Waals surface area contributed by atoms with Crippen molar-refractivity contribution in [3.05, 3.63) is 71.4 Å². The van der Waals surface area contributed by atoms with Gasteiger partial charge in [-0.3, -0.25) is 4.79 Å². The van der Waals surface area contributed by atoms with Gasteiger partial charge in [0.15, 0.2) is 11.6 Å². The Morgan fingerprint density at radius 1 is 1.14 bits per heavy atom. The first-order chi connectivity index (χ1) is 10.6. The molecule has 1 heterocycles. The molecule has 5 heteroatoms. The first kappa shape index (κ1) is 14.3. The average molecular weight is 300 g/mol. The van der Waals surface area contributed by atoms with Crippen LogP contribution in [0.3, 0.4) is 0 Å². The van der Waals surface area contributed by atoms with Crippen LogP contribution in [0.4, 0.5) is 8.78 Å². The van der Waals surface area contributed by atoms with E-state index in [0.717, 1.165) is 28.6 Å². The second-order valence-corrected chi connectivity index (χ2v) is 5.15. The van der Waals surface area contributed by atoms with Crippen LogP contribution in [0.2, 0.25) is 0 Å². The molecule has 2 aromatic carbocycles. The summed E-state index contributed by atoms with van der Waals surface area (Å²) in [6.45, 7) is 0.377. The average Bonchev–Trinajstić information content (AvgIpc) is 2.92. The van der Waals surface area contributed by atoms with Crippen LogP contribution in [0.1, 0.15) is 15.9 Å². The second kappa shape index (κ2) is 5.60. The van der Waals surface area contributed by atoms with Crippen molar-refractivity contribution in [2.45, 2.75) is 6.54 Å². The van der Waals surface area contributed by atoms with E-state index in [0.29, 0.717) is 6.54 Å². The van der Waals surface area contributed by atoms with Gasteiger partial charge < -0.3 is 9.88 Å². The summed E-state index contributed by atoms with van der Waals surface area (Å²) < 4.78 is 26.2. The summed E-state index contributed by atoms with van der Waals surface area (Å²) in [5.74, 6) is -2.34. The maximum Gasteiger partial charge on any atom is 0.254 e. The van der Waals surface area contributed by atoms with E-state index in [2.05, 4.69) is 4.98 Å². The normalized spacial score (nSPS) is 10.9. The zero-order valence-corrected chi connectivity index (χ0v) is 11.9. The Morgan fingerprint density at radius 3 is 2.68 bits per heavy atom. The van der Waals surface area contributed by atoms with Crippen molar-refractivity contribution in [3.63, 3.8) is 0 Å². The van der Waals surface area contributed by atoms with Crippen molar-refractivity contribution in [1.82, 2.24) is 9.88 Å². The van der Waals surface area contributed by atoms with Crippen LogP contribution in [0.5, 0.6) is 0 Å². The molecule has 1 aromatic heterocycles. The number of nitrogens with one attached hydrogen (secondary N) is 1. The smallest absolute Gasteiger partial charge is 0.254 e. The van der Waals surface area contributed by atoms with E-state index in [4.69, 9.17) is 0 Å². The number of fused-ring (bicyclic) bond motifs is 1. The number of amides is 1. The van der Waals surface area contributed by atoms with E-state index in [-0.39, 0.29) is 11.5 Å². The molecule has 1 amide bonds. The molecular weight excluding hydrogens is 286 g/mol. The van der Waals surface area contributed by atoms with Crippen LogP contribution in [0.25, 0.3) is 10.9 Å². The Hall–Kier alpha value is -2.69. The molecule has 0 unspecified atom stereocenters. The maximum atomic E-state index is 13.2. The zero-order valence-electron chi connectivity index (χ0n) is 11.9. The van der Waals surface area contributed by atoms with Crippen LogP contribution < -0.4 is 0 Å². The number of H-pyrrole nitrogens is 1. The highest BCUT2D eigenvalue weighted by molar-refractivity contribution is 5.94. The number of aromatic nitrogens is 1. The molecule has 0 aliphatic rings. The van der Waals surface area contributed by atoms with Crippen molar-refractivity contribution in [2.75, 3.05) is 7.05 Å². The molecule has 3 aromatic rings. The summed E-state index contributed by atoms with van der Waals surface area (Å²) in [5, 5.41) is 1.03. The second-order valence-electron chi connectivity index (χ2n) is 5.15. The summed E-state index contributed by atoms with van der Waals surface area (Å²) in [7, 11) is 1.63. The molecule has 112 valence electrons.